The Hall–Kier alpha value is -0.970. The molecule has 0 N–H and O–H groups in total. The summed E-state index contributed by atoms with van der Waals surface area (Å²) in [6, 6.07) is 6.82. The first-order chi connectivity index (χ1) is 8.15. The van der Waals surface area contributed by atoms with Gasteiger partial charge < -0.3 is 0 Å². The molecule has 2 nitrogen and oxygen atoms in total. The van der Waals surface area contributed by atoms with E-state index in [4.69, 9.17) is 11.6 Å². The van der Waals surface area contributed by atoms with E-state index in [-0.39, 0.29) is 5.82 Å². The second kappa shape index (κ2) is 5.58. The largest absolute Gasteiger partial charge is 0.297 e. The molecule has 0 atom stereocenters. The second-order valence-electron chi connectivity index (χ2n) is 3.84. The number of nitrogens with zero attached hydrogens (tertiary/aromatic N) is 2. The highest BCUT2D eigenvalue weighted by Gasteiger charge is 2.07. The fourth-order valence-corrected chi connectivity index (χ4v) is 2.65. The monoisotopic (exact) mass is 270 g/mol. The number of halogens is 2. The lowest BCUT2D eigenvalue weighted by molar-refractivity contribution is 0.316. The summed E-state index contributed by atoms with van der Waals surface area (Å²) in [6.45, 7) is 1.29. The molecule has 1 aromatic heterocycles. The van der Waals surface area contributed by atoms with Gasteiger partial charge in [0.15, 0.2) is 4.47 Å². The van der Waals surface area contributed by atoms with Crippen molar-refractivity contribution in [3.63, 3.8) is 0 Å². The van der Waals surface area contributed by atoms with E-state index in [1.165, 1.54) is 17.4 Å². The van der Waals surface area contributed by atoms with E-state index in [9.17, 15) is 4.39 Å². The minimum atomic E-state index is -0.165. The lowest BCUT2D eigenvalue weighted by Gasteiger charge is -2.15. The van der Waals surface area contributed by atoms with Crippen molar-refractivity contribution in [1.82, 2.24) is 9.88 Å². The summed E-state index contributed by atoms with van der Waals surface area (Å²) in [4.78, 5) is 7.09. The average molecular weight is 271 g/mol. The van der Waals surface area contributed by atoms with E-state index < -0.39 is 0 Å². The molecule has 1 aromatic carbocycles. The van der Waals surface area contributed by atoms with Crippen LogP contribution in [0.3, 0.4) is 0 Å². The third-order valence-electron chi connectivity index (χ3n) is 2.35. The van der Waals surface area contributed by atoms with Gasteiger partial charge in [0.1, 0.15) is 5.82 Å². The first-order valence-corrected chi connectivity index (χ1v) is 6.37. The molecule has 0 fully saturated rings. The molecule has 0 unspecified atom stereocenters. The number of hydrogen-bond acceptors (Lipinski definition) is 3. The van der Waals surface area contributed by atoms with Crippen LogP contribution in [0.4, 0.5) is 4.39 Å². The third-order valence-corrected chi connectivity index (χ3v) is 3.45. The van der Waals surface area contributed by atoms with Crippen LogP contribution in [0.1, 0.15) is 10.4 Å². The zero-order chi connectivity index (χ0) is 12.3. The minimum Gasteiger partial charge on any atom is -0.297 e. The van der Waals surface area contributed by atoms with Gasteiger partial charge in [0, 0.05) is 29.7 Å². The van der Waals surface area contributed by atoms with E-state index in [0.29, 0.717) is 16.6 Å². The van der Waals surface area contributed by atoms with Crippen molar-refractivity contribution in [2.45, 2.75) is 13.1 Å². The molecule has 0 aliphatic heterocycles. The van der Waals surface area contributed by atoms with Crippen molar-refractivity contribution in [2.24, 2.45) is 0 Å². The molecule has 5 heteroatoms. The van der Waals surface area contributed by atoms with Crippen molar-refractivity contribution in [3.05, 3.63) is 51.2 Å². The van der Waals surface area contributed by atoms with Crippen LogP contribution in [0, 0.1) is 5.82 Å². The number of benzene rings is 1. The summed E-state index contributed by atoms with van der Waals surface area (Å²) >= 11 is 7.21. The van der Waals surface area contributed by atoms with Crippen LogP contribution >= 0.6 is 22.9 Å². The summed E-state index contributed by atoms with van der Waals surface area (Å²) < 4.78 is 14.0. The molecule has 0 aliphatic carbocycles. The number of aromatic nitrogens is 1. The number of hydrogen-bond donors (Lipinski definition) is 0. The molecule has 1 heterocycles. The maximum atomic E-state index is 13.4. The van der Waals surface area contributed by atoms with Crippen LogP contribution < -0.4 is 0 Å². The first-order valence-electron chi connectivity index (χ1n) is 5.17. The van der Waals surface area contributed by atoms with Gasteiger partial charge in [-0.15, -0.1) is 11.3 Å². The molecule has 0 saturated carbocycles. The second-order valence-corrected chi connectivity index (χ2v) is 5.54. The predicted octanol–water partition coefficient (Wildman–Crippen LogP) is 3.57. The molecule has 2 aromatic rings. The maximum Gasteiger partial charge on any atom is 0.183 e. The Bertz CT molecular complexity index is 501. The molecule has 0 bridgehead atoms. The Labute approximate surface area is 109 Å². The predicted molar refractivity (Wildman–Crippen MR) is 68.7 cm³/mol. The normalized spacial score (nSPS) is 11.1. The highest BCUT2D eigenvalue weighted by atomic mass is 35.5. The molecular weight excluding hydrogens is 259 g/mol. The van der Waals surface area contributed by atoms with Crippen LogP contribution in [-0.2, 0) is 13.1 Å². The number of rotatable bonds is 4. The van der Waals surface area contributed by atoms with Crippen LogP contribution in [0.25, 0.3) is 0 Å². The van der Waals surface area contributed by atoms with Gasteiger partial charge in [-0.2, -0.15) is 0 Å². The van der Waals surface area contributed by atoms with Gasteiger partial charge in [0.2, 0.25) is 0 Å². The third kappa shape index (κ3) is 3.49. The molecule has 0 saturated heterocycles. The van der Waals surface area contributed by atoms with E-state index in [0.717, 1.165) is 11.4 Å². The summed E-state index contributed by atoms with van der Waals surface area (Å²) in [5.74, 6) is -0.165. The van der Waals surface area contributed by atoms with Crippen LogP contribution in [0.5, 0.6) is 0 Å². The van der Waals surface area contributed by atoms with Crippen molar-refractivity contribution in [3.8, 4) is 0 Å². The molecule has 0 spiro atoms. The quantitative estimate of drug-likeness (QED) is 0.844. The Morgan fingerprint density at radius 3 is 2.76 bits per heavy atom. The van der Waals surface area contributed by atoms with Gasteiger partial charge in [-0.1, -0.05) is 29.8 Å². The number of thiazole rings is 1. The average Bonchev–Trinajstić information content (AvgIpc) is 2.67. The Kier molecular flexibility index (Phi) is 4.10. The van der Waals surface area contributed by atoms with Gasteiger partial charge in [-0.05, 0) is 13.1 Å². The molecule has 0 radical (unpaired) electrons. The molecule has 90 valence electrons. The zero-order valence-electron chi connectivity index (χ0n) is 9.36. The molecule has 2 rings (SSSR count). The molecule has 17 heavy (non-hydrogen) atoms. The van der Waals surface area contributed by atoms with Crippen molar-refractivity contribution < 1.29 is 4.39 Å². The topological polar surface area (TPSA) is 16.1 Å². The van der Waals surface area contributed by atoms with E-state index in [1.807, 2.05) is 18.0 Å². The van der Waals surface area contributed by atoms with Gasteiger partial charge >= 0.3 is 0 Å². The first kappa shape index (κ1) is 12.5. The molecular formula is C12H12ClFN2S. The minimum absolute atomic E-state index is 0.165. The van der Waals surface area contributed by atoms with Gasteiger partial charge in [0.25, 0.3) is 0 Å². The molecule has 0 aliphatic rings. The van der Waals surface area contributed by atoms with Crippen molar-refractivity contribution in [1.29, 1.82) is 0 Å². The lowest BCUT2D eigenvalue weighted by atomic mass is 10.2. The SMILES string of the molecule is CN(Cc1cnc(Cl)s1)Cc1ccccc1F. The Morgan fingerprint density at radius 1 is 1.35 bits per heavy atom. The van der Waals surface area contributed by atoms with E-state index in [2.05, 4.69) is 4.98 Å². The zero-order valence-corrected chi connectivity index (χ0v) is 10.9. The Balaban J connectivity index is 1.98. The summed E-state index contributed by atoms with van der Waals surface area (Å²) in [6.07, 6.45) is 1.75. The van der Waals surface area contributed by atoms with Crippen molar-refractivity contribution in [2.75, 3.05) is 7.05 Å². The molecule has 0 amide bonds. The fourth-order valence-electron chi connectivity index (χ4n) is 1.60. The van der Waals surface area contributed by atoms with Gasteiger partial charge in [-0.25, -0.2) is 9.37 Å². The lowest BCUT2D eigenvalue weighted by Crippen LogP contribution is -2.17. The standard InChI is InChI=1S/C12H12ClFN2S/c1-16(8-10-6-15-12(13)17-10)7-9-4-2-3-5-11(9)14/h2-6H,7-8H2,1H3. The highest BCUT2D eigenvalue weighted by Crippen LogP contribution is 2.19. The van der Waals surface area contributed by atoms with Crippen LogP contribution in [-0.4, -0.2) is 16.9 Å². The maximum absolute atomic E-state index is 13.4. The Morgan fingerprint density at radius 2 is 2.12 bits per heavy atom. The van der Waals surface area contributed by atoms with Crippen LogP contribution in [0.2, 0.25) is 4.47 Å². The fraction of sp³-hybridized carbons (Fsp3) is 0.250. The van der Waals surface area contributed by atoms with Gasteiger partial charge in [0.05, 0.1) is 0 Å². The summed E-state index contributed by atoms with van der Waals surface area (Å²) in [5.41, 5.74) is 0.700. The van der Waals surface area contributed by atoms with E-state index in [1.54, 1.807) is 18.3 Å². The van der Waals surface area contributed by atoms with E-state index >= 15 is 0 Å². The summed E-state index contributed by atoms with van der Waals surface area (Å²) in [7, 11) is 1.94. The van der Waals surface area contributed by atoms with Gasteiger partial charge in [-0.3, -0.25) is 4.90 Å². The summed E-state index contributed by atoms with van der Waals surface area (Å²) in [5, 5.41) is 0. The van der Waals surface area contributed by atoms with Crippen molar-refractivity contribution >= 4 is 22.9 Å². The highest BCUT2D eigenvalue weighted by molar-refractivity contribution is 7.15. The van der Waals surface area contributed by atoms with Crippen LogP contribution in [0.15, 0.2) is 30.5 Å². The smallest absolute Gasteiger partial charge is 0.183 e.